The van der Waals surface area contributed by atoms with Crippen molar-refractivity contribution < 1.29 is 8.78 Å². The maximum absolute atomic E-state index is 13.6. The van der Waals surface area contributed by atoms with E-state index in [1.807, 2.05) is 0 Å². The Morgan fingerprint density at radius 2 is 2.10 bits per heavy atom. The van der Waals surface area contributed by atoms with E-state index in [-0.39, 0.29) is 17.7 Å². The number of aryl methyl sites for hydroxylation is 1. The number of benzene rings is 1. The first-order valence-corrected chi connectivity index (χ1v) is 5.87. The molecule has 0 aliphatic heterocycles. The number of hydrogen-bond acceptors (Lipinski definition) is 3. The third kappa shape index (κ3) is 1.97. The molecule has 0 saturated heterocycles. The first-order valence-electron chi connectivity index (χ1n) is 5.87. The van der Waals surface area contributed by atoms with Crippen molar-refractivity contribution in [1.29, 1.82) is 0 Å². The van der Waals surface area contributed by atoms with Crippen LogP contribution in [0.3, 0.4) is 0 Å². The molecule has 0 atom stereocenters. The van der Waals surface area contributed by atoms with Gasteiger partial charge in [-0.05, 0) is 6.07 Å². The molecule has 0 radical (unpaired) electrons. The van der Waals surface area contributed by atoms with Crippen LogP contribution in [0.25, 0.3) is 11.0 Å². The fourth-order valence-electron chi connectivity index (χ4n) is 2.01. The minimum absolute atomic E-state index is 0.0111. The van der Waals surface area contributed by atoms with Gasteiger partial charge in [-0.1, -0.05) is 6.07 Å². The van der Waals surface area contributed by atoms with E-state index in [9.17, 15) is 13.6 Å². The zero-order valence-corrected chi connectivity index (χ0v) is 10.5. The Labute approximate surface area is 112 Å². The van der Waals surface area contributed by atoms with Gasteiger partial charge in [0.05, 0.1) is 12.7 Å². The van der Waals surface area contributed by atoms with E-state index in [1.54, 1.807) is 7.05 Å². The lowest BCUT2D eigenvalue weighted by Crippen LogP contribution is -2.21. The predicted molar refractivity (Wildman–Crippen MR) is 68.2 cm³/mol. The molecule has 5 nitrogen and oxygen atoms in total. The highest BCUT2D eigenvalue weighted by Crippen LogP contribution is 2.11. The fourth-order valence-corrected chi connectivity index (χ4v) is 2.01. The minimum Gasteiger partial charge on any atom is -0.294 e. The summed E-state index contributed by atoms with van der Waals surface area (Å²) in [6.45, 7) is -0.0111. The molecule has 20 heavy (non-hydrogen) atoms. The van der Waals surface area contributed by atoms with Gasteiger partial charge < -0.3 is 0 Å². The lowest BCUT2D eigenvalue weighted by atomic mass is 10.2. The molecular formula is C13H10F2N4O. The molecule has 102 valence electrons. The van der Waals surface area contributed by atoms with Crippen molar-refractivity contribution >= 4 is 11.0 Å². The van der Waals surface area contributed by atoms with Gasteiger partial charge in [-0.3, -0.25) is 14.0 Å². The largest absolute Gasteiger partial charge is 0.294 e. The smallest absolute Gasteiger partial charge is 0.264 e. The number of rotatable bonds is 2. The minimum atomic E-state index is -0.691. The zero-order valence-electron chi connectivity index (χ0n) is 10.5. The topological polar surface area (TPSA) is 52.7 Å². The zero-order chi connectivity index (χ0) is 14.3. The first-order chi connectivity index (χ1) is 9.56. The summed E-state index contributed by atoms with van der Waals surface area (Å²) < 4.78 is 29.2. The van der Waals surface area contributed by atoms with Crippen LogP contribution in [-0.4, -0.2) is 19.3 Å². The van der Waals surface area contributed by atoms with Crippen LogP contribution in [-0.2, 0) is 13.6 Å². The van der Waals surface area contributed by atoms with Gasteiger partial charge in [0.25, 0.3) is 5.56 Å². The first kappa shape index (κ1) is 12.5. The molecule has 0 aliphatic rings. The molecule has 0 saturated carbocycles. The molecule has 0 fully saturated rings. The van der Waals surface area contributed by atoms with Crippen molar-refractivity contribution in [1.82, 2.24) is 19.3 Å². The van der Waals surface area contributed by atoms with E-state index < -0.39 is 11.6 Å². The van der Waals surface area contributed by atoms with Crippen LogP contribution < -0.4 is 5.56 Å². The van der Waals surface area contributed by atoms with Gasteiger partial charge >= 0.3 is 0 Å². The summed E-state index contributed by atoms with van der Waals surface area (Å²) in [5.74, 6) is -1.34. The maximum Gasteiger partial charge on any atom is 0.264 e. The van der Waals surface area contributed by atoms with Crippen LogP contribution in [0.2, 0.25) is 0 Å². The molecule has 0 bridgehead atoms. The molecule has 0 spiro atoms. The van der Waals surface area contributed by atoms with Crippen LogP contribution in [0.15, 0.2) is 35.5 Å². The number of aromatic nitrogens is 4. The van der Waals surface area contributed by atoms with E-state index in [0.717, 1.165) is 12.1 Å². The average Bonchev–Trinajstić information content (AvgIpc) is 2.78. The molecule has 1 aromatic carbocycles. The van der Waals surface area contributed by atoms with Crippen molar-refractivity contribution in [2.45, 2.75) is 6.54 Å². The average molecular weight is 276 g/mol. The van der Waals surface area contributed by atoms with E-state index in [2.05, 4.69) is 10.1 Å². The van der Waals surface area contributed by atoms with Crippen molar-refractivity contribution in [2.24, 2.45) is 7.05 Å². The number of halogens is 2. The lowest BCUT2D eigenvalue weighted by molar-refractivity contribution is 0.564. The standard InChI is InChI=1S/C13H10F2N4O/c1-18-12-10(5-17-18)13(20)19(7-16-12)6-8-2-3-9(14)4-11(8)15/h2-5,7H,6H2,1H3. The Hall–Kier alpha value is -2.57. The molecule has 3 rings (SSSR count). The second kappa shape index (κ2) is 4.52. The molecular weight excluding hydrogens is 266 g/mol. The van der Waals surface area contributed by atoms with Crippen molar-refractivity contribution in [3.8, 4) is 0 Å². The van der Waals surface area contributed by atoms with Gasteiger partial charge in [-0.15, -0.1) is 0 Å². The van der Waals surface area contributed by atoms with Crippen LogP contribution in [0.5, 0.6) is 0 Å². The Morgan fingerprint density at radius 3 is 2.85 bits per heavy atom. The number of nitrogens with zero attached hydrogens (tertiary/aromatic N) is 4. The van der Waals surface area contributed by atoms with Gasteiger partial charge in [0.2, 0.25) is 0 Å². The SMILES string of the molecule is Cn1ncc2c(=O)n(Cc3ccc(F)cc3F)cnc21. The van der Waals surface area contributed by atoms with Crippen molar-refractivity contribution in [2.75, 3.05) is 0 Å². The normalized spacial score (nSPS) is 11.2. The third-order valence-electron chi connectivity index (χ3n) is 3.07. The Morgan fingerprint density at radius 1 is 1.30 bits per heavy atom. The van der Waals surface area contributed by atoms with E-state index >= 15 is 0 Å². The summed E-state index contributed by atoms with van der Waals surface area (Å²) in [5, 5.41) is 4.31. The Kier molecular flexibility index (Phi) is 2.81. The van der Waals surface area contributed by atoms with Gasteiger partial charge in [0.1, 0.15) is 23.3 Å². The molecule has 3 aromatic rings. The Bertz CT molecular complexity index is 853. The third-order valence-corrected chi connectivity index (χ3v) is 3.07. The van der Waals surface area contributed by atoms with Crippen LogP contribution in [0.4, 0.5) is 8.78 Å². The van der Waals surface area contributed by atoms with Crippen LogP contribution >= 0.6 is 0 Å². The maximum atomic E-state index is 13.6. The monoisotopic (exact) mass is 276 g/mol. The summed E-state index contributed by atoms with van der Waals surface area (Å²) in [6.07, 6.45) is 2.75. The molecule has 2 heterocycles. The highest BCUT2D eigenvalue weighted by atomic mass is 19.1. The number of hydrogen-bond donors (Lipinski definition) is 0. The highest BCUT2D eigenvalue weighted by molar-refractivity contribution is 5.72. The summed E-state index contributed by atoms with van der Waals surface area (Å²) >= 11 is 0. The highest BCUT2D eigenvalue weighted by Gasteiger charge is 2.10. The number of fused-ring (bicyclic) bond motifs is 1. The molecule has 0 aliphatic carbocycles. The fraction of sp³-hybridized carbons (Fsp3) is 0.154. The second-order valence-corrected chi connectivity index (χ2v) is 4.42. The predicted octanol–water partition coefficient (Wildman–Crippen LogP) is 1.46. The van der Waals surface area contributed by atoms with E-state index in [0.29, 0.717) is 11.0 Å². The van der Waals surface area contributed by atoms with Crippen molar-refractivity contribution in [3.63, 3.8) is 0 Å². The molecule has 2 aromatic heterocycles. The second-order valence-electron chi connectivity index (χ2n) is 4.42. The molecule has 0 amide bonds. The van der Waals surface area contributed by atoms with Crippen LogP contribution in [0.1, 0.15) is 5.56 Å². The summed E-state index contributed by atoms with van der Waals surface area (Å²) in [4.78, 5) is 16.3. The summed E-state index contributed by atoms with van der Waals surface area (Å²) in [5.41, 5.74) is 0.371. The summed E-state index contributed by atoms with van der Waals surface area (Å²) in [6, 6.07) is 3.25. The molecule has 0 N–H and O–H groups in total. The van der Waals surface area contributed by atoms with Gasteiger partial charge in [0, 0.05) is 18.7 Å². The van der Waals surface area contributed by atoms with E-state index in [1.165, 1.54) is 27.8 Å². The van der Waals surface area contributed by atoms with Gasteiger partial charge in [0.15, 0.2) is 5.65 Å². The lowest BCUT2D eigenvalue weighted by Gasteiger charge is -2.06. The van der Waals surface area contributed by atoms with Crippen LogP contribution in [0, 0.1) is 11.6 Å². The Balaban J connectivity index is 2.07. The molecule has 0 unspecified atom stereocenters. The van der Waals surface area contributed by atoms with Gasteiger partial charge in [-0.25, -0.2) is 13.8 Å². The van der Waals surface area contributed by atoms with E-state index in [4.69, 9.17) is 0 Å². The van der Waals surface area contributed by atoms with Crippen molar-refractivity contribution in [3.05, 3.63) is 58.3 Å². The quantitative estimate of drug-likeness (QED) is 0.712. The summed E-state index contributed by atoms with van der Waals surface area (Å²) in [7, 11) is 1.68. The van der Waals surface area contributed by atoms with Gasteiger partial charge in [-0.2, -0.15) is 5.10 Å². The molecule has 7 heteroatoms.